The number of nitrogens with one attached hydrogen (secondary N) is 1. The fraction of sp³-hybridized carbons (Fsp3) is 0.240. The summed E-state index contributed by atoms with van der Waals surface area (Å²) in [4.78, 5) is 24.2. The number of halogens is 1. The van der Waals surface area contributed by atoms with Crippen LogP contribution in [0.25, 0.3) is 10.9 Å². The number of benzene rings is 1. The predicted molar refractivity (Wildman–Crippen MR) is 124 cm³/mol. The quantitative estimate of drug-likeness (QED) is 0.496. The molecule has 0 spiro atoms. The third-order valence-electron chi connectivity index (χ3n) is 5.83. The number of anilines is 2. The molecule has 4 aromatic rings. The summed E-state index contributed by atoms with van der Waals surface area (Å²) in [6, 6.07) is 14.0. The third-order valence-corrected chi connectivity index (χ3v) is 5.83. The second-order valence-corrected chi connectivity index (χ2v) is 8.18. The highest BCUT2D eigenvalue weighted by atomic mass is 19.1. The highest BCUT2D eigenvalue weighted by Crippen LogP contribution is 2.24. The van der Waals surface area contributed by atoms with E-state index in [9.17, 15) is 9.18 Å². The van der Waals surface area contributed by atoms with Gasteiger partial charge < -0.3 is 14.8 Å². The molecule has 1 amide bonds. The number of carbonyl (C=O) groups excluding carboxylic acids is 1. The van der Waals surface area contributed by atoms with Crippen LogP contribution in [0.2, 0.25) is 0 Å². The zero-order valence-corrected chi connectivity index (χ0v) is 17.9. The largest absolute Gasteiger partial charge is 0.357 e. The van der Waals surface area contributed by atoms with Crippen molar-refractivity contribution in [3.63, 3.8) is 0 Å². The van der Waals surface area contributed by atoms with Crippen molar-refractivity contribution < 1.29 is 9.18 Å². The molecule has 162 valence electrons. The Kier molecular flexibility index (Phi) is 5.31. The van der Waals surface area contributed by atoms with Crippen molar-refractivity contribution in [1.29, 1.82) is 0 Å². The molecule has 0 radical (unpaired) electrons. The van der Waals surface area contributed by atoms with Crippen LogP contribution in [0.4, 0.5) is 15.9 Å². The van der Waals surface area contributed by atoms with E-state index in [0.717, 1.165) is 35.7 Å². The van der Waals surface area contributed by atoms with Gasteiger partial charge in [0, 0.05) is 42.4 Å². The molecule has 0 aliphatic carbocycles. The number of hydrogen-bond donors (Lipinski definition) is 1. The minimum atomic E-state index is -0.330. The number of amides is 1. The van der Waals surface area contributed by atoms with Gasteiger partial charge in [0.1, 0.15) is 17.3 Å². The van der Waals surface area contributed by atoms with Crippen LogP contribution < -0.4 is 10.2 Å². The zero-order chi connectivity index (χ0) is 22.1. The maximum Gasteiger partial charge on any atom is 0.272 e. The van der Waals surface area contributed by atoms with Gasteiger partial charge in [-0.3, -0.25) is 9.78 Å². The number of aryl methyl sites for hydroxylation is 1. The van der Waals surface area contributed by atoms with Crippen molar-refractivity contribution >= 4 is 28.3 Å². The fourth-order valence-electron chi connectivity index (χ4n) is 4.27. The summed E-state index contributed by atoms with van der Waals surface area (Å²) < 4.78 is 15.7. The van der Waals surface area contributed by atoms with Gasteiger partial charge >= 0.3 is 0 Å². The average molecular weight is 429 g/mol. The van der Waals surface area contributed by atoms with Crippen molar-refractivity contribution in [2.45, 2.75) is 26.3 Å². The van der Waals surface area contributed by atoms with Crippen LogP contribution in [0, 0.1) is 12.7 Å². The van der Waals surface area contributed by atoms with Gasteiger partial charge in [-0.2, -0.15) is 0 Å². The maximum absolute atomic E-state index is 13.8. The number of aromatic nitrogens is 3. The van der Waals surface area contributed by atoms with Crippen molar-refractivity contribution in [2.24, 2.45) is 0 Å². The van der Waals surface area contributed by atoms with E-state index in [-0.39, 0.29) is 11.7 Å². The van der Waals surface area contributed by atoms with E-state index >= 15 is 0 Å². The molecular formula is C25H24FN5O. The van der Waals surface area contributed by atoms with Crippen LogP contribution in [0.3, 0.4) is 0 Å². The molecule has 1 N–H and O–H groups in total. The number of fused-ring (bicyclic) bond motifs is 1. The van der Waals surface area contributed by atoms with E-state index in [4.69, 9.17) is 0 Å². The van der Waals surface area contributed by atoms with Gasteiger partial charge in [0.05, 0.1) is 11.9 Å². The lowest BCUT2D eigenvalue weighted by Crippen LogP contribution is -2.20. The highest BCUT2D eigenvalue weighted by molar-refractivity contribution is 6.06. The summed E-state index contributed by atoms with van der Waals surface area (Å²) in [5.41, 5.74) is 3.81. The minimum absolute atomic E-state index is 0.261. The van der Waals surface area contributed by atoms with Crippen LogP contribution in [-0.2, 0) is 6.54 Å². The van der Waals surface area contributed by atoms with Crippen molar-refractivity contribution in [2.75, 3.05) is 23.3 Å². The Hall–Kier alpha value is -3.74. The lowest BCUT2D eigenvalue weighted by molar-refractivity contribution is 0.101. The average Bonchev–Trinajstić information content (AvgIpc) is 3.43. The van der Waals surface area contributed by atoms with Crippen LogP contribution in [0.15, 0.2) is 60.9 Å². The molecule has 3 aromatic heterocycles. The normalized spacial score (nSPS) is 13.6. The molecule has 5 rings (SSSR count). The Morgan fingerprint density at radius 3 is 2.66 bits per heavy atom. The lowest BCUT2D eigenvalue weighted by Gasteiger charge is -2.16. The van der Waals surface area contributed by atoms with E-state index < -0.39 is 0 Å². The first-order valence-electron chi connectivity index (χ1n) is 10.8. The van der Waals surface area contributed by atoms with Gasteiger partial charge in [-0.15, -0.1) is 0 Å². The van der Waals surface area contributed by atoms with Crippen LogP contribution in [0.5, 0.6) is 0 Å². The van der Waals surface area contributed by atoms with Gasteiger partial charge in [-0.25, -0.2) is 9.37 Å². The number of carbonyl (C=O) groups is 1. The Morgan fingerprint density at radius 1 is 1.06 bits per heavy atom. The SMILES string of the molecule is Cc1cc(Cn2c(C(=O)Nc3ccc(N4CCCC4)nc3)cc3cc(F)ccc32)ccn1. The number of hydrogen-bond acceptors (Lipinski definition) is 4. The first-order valence-corrected chi connectivity index (χ1v) is 10.8. The van der Waals surface area contributed by atoms with Crippen molar-refractivity contribution in [3.8, 4) is 0 Å². The monoisotopic (exact) mass is 429 g/mol. The summed E-state index contributed by atoms with van der Waals surface area (Å²) in [5, 5.41) is 3.63. The molecule has 32 heavy (non-hydrogen) atoms. The van der Waals surface area contributed by atoms with E-state index in [1.165, 1.54) is 25.0 Å². The lowest BCUT2D eigenvalue weighted by atomic mass is 10.2. The zero-order valence-electron chi connectivity index (χ0n) is 17.9. The molecule has 1 saturated heterocycles. The van der Waals surface area contributed by atoms with E-state index in [0.29, 0.717) is 23.3 Å². The summed E-state index contributed by atoms with van der Waals surface area (Å²) in [5.74, 6) is 0.337. The van der Waals surface area contributed by atoms with Gasteiger partial charge in [0.2, 0.25) is 0 Å². The second-order valence-electron chi connectivity index (χ2n) is 8.18. The van der Waals surface area contributed by atoms with E-state index in [2.05, 4.69) is 20.2 Å². The maximum atomic E-state index is 13.8. The summed E-state index contributed by atoms with van der Waals surface area (Å²) in [6.07, 6.45) is 5.80. The smallest absolute Gasteiger partial charge is 0.272 e. The first kappa shape index (κ1) is 20.2. The Balaban J connectivity index is 1.45. The third kappa shape index (κ3) is 4.06. The molecule has 0 saturated carbocycles. The molecule has 0 atom stereocenters. The predicted octanol–water partition coefficient (Wildman–Crippen LogP) is 4.78. The van der Waals surface area contributed by atoms with Crippen LogP contribution >= 0.6 is 0 Å². The molecule has 0 bridgehead atoms. The van der Waals surface area contributed by atoms with Crippen LogP contribution in [0.1, 0.15) is 34.6 Å². The summed E-state index contributed by atoms with van der Waals surface area (Å²) in [7, 11) is 0. The molecule has 4 heterocycles. The number of nitrogens with zero attached hydrogens (tertiary/aromatic N) is 4. The Labute approximate surface area is 185 Å². The van der Waals surface area contributed by atoms with Crippen molar-refractivity contribution in [3.05, 3.63) is 83.7 Å². The molecule has 7 heteroatoms. The van der Waals surface area contributed by atoms with Gasteiger partial charge in [0.15, 0.2) is 0 Å². The molecular weight excluding hydrogens is 405 g/mol. The Morgan fingerprint density at radius 2 is 1.91 bits per heavy atom. The summed E-state index contributed by atoms with van der Waals surface area (Å²) in [6.45, 7) is 4.44. The highest BCUT2D eigenvalue weighted by Gasteiger charge is 2.18. The number of pyridine rings is 2. The fourth-order valence-corrected chi connectivity index (χ4v) is 4.27. The van der Waals surface area contributed by atoms with E-state index in [1.807, 2.05) is 35.8 Å². The van der Waals surface area contributed by atoms with E-state index in [1.54, 1.807) is 24.5 Å². The van der Waals surface area contributed by atoms with Gasteiger partial charge in [0.25, 0.3) is 5.91 Å². The topological polar surface area (TPSA) is 63.1 Å². The second kappa shape index (κ2) is 8.42. The van der Waals surface area contributed by atoms with Crippen LogP contribution in [-0.4, -0.2) is 33.5 Å². The minimum Gasteiger partial charge on any atom is -0.357 e. The molecule has 1 aliphatic heterocycles. The molecule has 1 aliphatic rings. The standard InChI is InChI=1S/C25H24FN5O/c1-17-12-18(8-9-27-17)16-31-22-6-4-20(26)13-19(22)14-23(31)25(32)29-21-5-7-24(28-15-21)30-10-2-3-11-30/h4-9,12-15H,2-3,10-11,16H2,1H3,(H,29,32). The molecule has 0 unspecified atom stereocenters. The van der Waals surface area contributed by atoms with Crippen molar-refractivity contribution in [1.82, 2.24) is 14.5 Å². The van der Waals surface area contributed by atoms with Gasteiger partial charge in [-0.1, -0.05) is 0 Å². The Bertz CT molecular complexity index is 1280. The molecule has 1 aromatic carbocycles. The molecule has 1 fully saturated rings. The summed E-state index contributed by atoms with van der Waals surface area (Å²) >= 11 is 0. The molecule has 6 nitrogen and oxygen atoms in total. The number of rotatable bonds is 5. The first-order chi connectivity index (χ1) is 15.6. The van der Waals surface area contributed by atoms with Gasteiger partial charge in [-0.05, 0) is 73.9 Å².